The molecule has 1 fully saturated rings. The summed E-state index contributed by atoms with van der Waals surface area (Å²) in [6.07, 6.45) is 2.84. The SMILES string of the molecule is CN1CCN(c2ncnc3sc4c(c23)CCN(Cc2ccccc2)C4)CC1. The normalized spacial score (nSPS) is 18.8. The van der Waals surface area contributed by atoms with Gasteiger partial charge in [-0.3, -0.25) is 4.90 Å². The molecule has 1 saturated heterocycles. The second-order valence-corrected chi connectivity index (χ2v) is 8.70. The summed E-state index contributed by atoms with van der Waals surface area (Å²) in [5.74, 6) is 1.15. The van der Waals surface area contributed by atoms with E-state index in [1.807, 2.05) is 11.3 Å². The summed E-state index contributed by atoms with van der Waals surface area (Å²) < 4.78 is 0. The fourth-order valence-electron chi connectivity index (χ4n) is 4.20. The molecule has 0 unspecified atom stereocenters. The molecule has 2 aliphatic heterocycles. The molecular formula is C21H25N5S. The first-order chi connectivity index (χ1) is 13.3. The molecule has 0 atom stereocenters. The highest BCUT2D eigenvalue weighted by molar-refractivity contribution is 7.19. The molecule has 0 aliphatic carbocycles. The largest absolute Gasteiger partial charge is 0.353 e. The highest BCUT2D eigenvalue weighted by atomic mass is 32.1. The van der Waals surface area contributed by atoms with Crippen molar-refractivity contribution in [1.82, 2.24) is 19.8 Å². The third kappa shape index (κ3) is 3.33. The van der Waals surface area contributed by atoms with Crippen LogP contribution in [0.1, 0.15) is 16.0 Å². The first-order valence-corrected chi connectivity index (χ1v) is 10.5. The van der Waals surface area contributed by atoms with Crippen molar-refractivity contribution < 1.29 is 0 Å². The van der Waals surface area contributed by atoms with E-state index in [9.17, 15) is 0 Å². The Balaban J connectivity index is 1.43. The zero-order valence-electron chi connectivity index (χ0n) is 15.8. The van der Waals surface area contributed by atoms with E-state index in [1.54, 1.807) is 6.33 Å². The number of thiophene rings is 1. The summed E-state index contributed by atoms with van der Waals surface area (Å²) in [4.78, 5) is 19.4. The number of benzene rings is 1. The second kappa shape index (κ2) is 7.19. The minimum Gasteiger partial charge on any atom is -0.353 e. The fourth-order valence-corrected chi connectivity index (χ4v) is 5.42. The molecule has 0 spiro atoms. The number of anilines is 1. The van der Waals surface area contributed by atoms with Gasteiger partial charge in [-0.05, 0) is 24.6 Å². The lowest BCUT2D eigenvalue weighted by atomic mass is 10.0. The van der Waals surface area contributed by atoms with Crippen LogP contribution in [0.2, 0.25) is 0 Å². The molecule has 3 aromatic rings. The van der Waals surface area contributed by atoms with Gasteiger partial charge in [0.2, 0.25) is 0 Å². The topological polar surface area (TPSA) is 35.5 Å². The lowest BCUT2D eigenvalue weighted by Crippen LogP contribution is -2.45. The Hall–Kier alpha value is -2.02. The van der Waals surface area contributed by atoms with Gasteiger partial charge < -0.3 is 9.80 Å². The van der Waals surface area contributed by atoms with Gasteiger partial charge in [-0.25, -0.2) is 9.97 Å². The summed E-state index contributed by atoms with van der Waals surface area (Å²) in [6.45, 7) is 7.44. The lowest BCUT2D eigenvalue weighted by Gasteiger charge is -2.34. The number of piperazine rings is 1. The van der Waals surface area contributed by atoms with Crippen LogP contribution in [0.25, 0.3) is 10.2 Å². The molecule has 5 rings (SSSR count). The minimum atomic E-state index is 1.02. The maximum absolute atomic E-state index is 4.71. The van der Waals surface area contributed by atoms with Crippen LogP contribution in [-0.4, -0.2) is 59.5 Å². The molecule has 0 N–H and O–H groups in total. The summed E-state index contributed by atoms with van der Waals surface area (Å²) in [5, 5.41) is 1.32. The predicted molar refractivity (Wildman–Crippen MR) is 111 cm³/mol. The van der Waals surface area contributed by atoms with Crippen molar-refractivity contribution in [1.29, 1.82) is 0 Å². The van der Waals surface area contributed by atoms with Crippen molar-refractivity contribution in [3.05, 3.63) is 52.7 Å². The number of aromatic nitrogens is 2. The number of likely N-dealkylation sites (N-methyl/N-ethyl adjacent to an activating group) is 1. The lowest BCUT2D eigenvalue weighted by molar-refractivity contribution is 0.249. The zero-order chi connectivity index (χ0) is 18.2. The fraction of sp³-hybridized carbons (Fsp3) is 0.429. The van der Waals surface area contributed by atoms with Gasteiger partial charge >= 0.3 is 0 Å². The quantitative estimate of drug-likeness (QED) is 0.699. The molecule has 4 heterocycles. The molecule has 140 valence electrons. The molecule has 0 saturated carbocycles. The number of hydrogen-bond acceptors (Lipinski definition) is 6. The number of nitrogens with zero attached hydrogens (tertiary/aromatic N) is 5. The van der Waals surface area contributed by atoms with Crippen LogP contribution in [0.3, 0.4) is 0 Å². The van der Waals surface area contributed by atoms with E-state index in [-0.39, 0.29) is 0 Å². The maximum Gasteiger partial charge on any atom is 0.141 e. The van der Waals surface area contributed by atoms with Gasteiger partial charge in [-0.1, -0.05) is 30.3 Å². The average molecular weight is 380 g/mol. The predicted octanol–water partition coefficient (Wildman–Crippen LogP) is 3.00. The molecule has 2 aliphatic rings. The molecule has 0 amide bonds. The van der Waals surface area contributed by atoms with Gasteiger partial charge in [0.25, 0.3) is 0 Å². The van der Waals surface area contributed by atoms with E-state index in [2.05, 4.69) is 57.1 Å². The summed E-state index contributed by atoms with van der Waals surface area (Å²) in [7, 11) is 2.20. The van der Waals surface area contributed by atoms with Gasteiger partial charge in [0.1, 0.15) is 17.0 Å². The highest BCUT2D eigenvalue weighted by Crippen LogP contribution is 2.38. The Morgan fingerprint density at radius 1 is 1.00 bits per heavy atom. The first kappa shape index (κ1) is 17.1. The van der Waals surface area contributed by atoms with Crippen molar-refractivity contribution in [2.24, 2.45) is 0 Å². The highest BCUT2D eigenvalue weighted by Gasteiger charge is 2.26. The Labute approximate surface area is 164 Å². The molecule has 2 aromatic heterocycles. The van der Waals surface area contributed by atoms with Crippen LogP contribution >= 0.6 is 11.3 Å². The molecule has 27 heavy (non-hydrogen) atoms. The third-order valence-corrected chi connectivity index (χ3v) is 6.87. The Morgan fingerprint density at radius 2 is 1.81 bits per heavy atom. The van der Waals surface area contributed by atoms with E-state index >= 15 is 0 Å². The number of hydrogen-bond donors (Lipinski definition) is 0. The number of fused-ring (bicyclic) bond motifs is 3. The van der Waals surface area contributed by atoms with Crippen molar-refractivity contribution in [3.63, 3.8) is 0 Å². The van der Waals surface area contributed by atoms with Crippen LogP contribution < -0.4 is 4.90 Å². The van der Waals surface area contributed by atoms with Crippen molar-refractivity contribution in [2.75, 3.05) is 44.7 Å². The van der Waals surface area contributed by atoms with E-state index in [4.69, 9.17) is 4.98 Å². The van der Waals surface area contributed by atoms with Gasteiger partial charge in [-0.2, -0.15) is 0 Å². The minimum absolute atomic E-state index is 1.02. The van der Waals surface area contributed by atoms with E-state index in [1.165, 1.54) is 21.4 Å². The van der Waals surface area contributed by atoms with E-state index < -0.39 is 0 Å². The second-order valence-electron chi connectivity index (χ2n) is 7.62. The molecule has 6 heteroatoms. The van der Waals surface area contributed by atoms with Gasteiger partial charge in [-0.15, -0.1) is 11.3 Å². The standard InChI is InChI=1S/C21H25N5S/c1-24-9-11-26(12-10-24)20-19-17-7-8-25(13-16-5-3-2-4-6-16)14-18(17)27-21(19)23-15-22-20/h2-6,15H,7-14H2,1H3. The maximum atomic E-state index is 4.71. The van der Waals surface area contributed by atoms with Crippen molar-refractivity contribution in [2.45, 2.75) is 19.5 Å². The monoisotopic (exact) mass is 379 g/mol. The molecule has 1 aromatic carbocycles. The van der Waals surface area contributed by atoms with Crippen LogP contribution in [0.15, 0.2) is 36.7 Å². The summed E-state index contributed by atoms with van der Waals surface area (Å²) >= 11 is 1.86. The van der Waals surface area contributed by atoms with Crippen LogP contribution in [0.4, 0.5) is 5.82 Å². The zero-order valence-corrected chi connectivity index (χ0v) is 16.6. The number of rotatable bonds is 3. The molecule has 0 radical (unpaired) electrons. The first-order valence-electron chi connectivity index (χ1n) is 9.73. The summed E-state index contributed by atoms with van der Waals surface area (Å²) in [6, 6.07) is 10.8. The molecular weight excluding hydrogens is 354 g/mol. The Kier molecular flexibility index (Phi) is 4.55. The average Bonchev–Trinajstić information content (AvgIpc) is 3.07. The third-order valence-electron chi connectivity index (χ3n) is 5.75. The van der Waals surface area contributed by atoms with Crippen molar-refractivity contribution >= 4 is 27.4 Å². The van der Waals surface area contributed by atoms with E-state index in [0.29, 0.717) is 0 Å². The molecule has 5 nitrogen and oxygen atoms in total. The smallest absolute Gasteiger partial charge is 0.141 e. The van der Waals surface area contributed by atoms with Gasteiger partial charge in [0.15, 0.2) is 0 Å². The Morgan fingerprint density at radius 3 is 2.63 bits per heavy atom. The molecule has 0 bridgehead atoms. The van der Waals surface area contributed by atoms with Crippen LogP contribution in [0, 0.1) is 0 Å². The van der Waals surface area contributed by atoms with Gasteiger partial charge in [0, 0.05) is 50.7 Å². The van der Waals surface area contributed by atoms with E-state index in [0.717, 1.165) is 62.9 Å². The van der Waals surface area contributed by atoms with Crippen LogP contribution in [0.5, 0.6) is 0 Å². The van der Waals surface area contributed by atoms with Gasteiger partial charge in [0.05, 0.1) is 5.39 Å². The Bertz CT molecular complexity index is 930. The van der Waals surface area contributed by atoms with Crippen LogP contribution in [-0.2, 0) is 19.5 Å². The van der Waals surface area contributed by atoms with Crippen molar-refractivity contribution in [3.8, 4) is 0 Å². The summed E-state index contributed by atoms with van der Waals surface area (Å²) in [5.41, 5.74) is 2.88.